The van der Waals surface area contributed by atoms with Gasteiger partial charge in [-0.3, -0.25) is 14.4 Å². The average Bonchev–Trinajstić information content (AvgIpc) is 2.78. The number of amides is 3. The molecule has 0 radical (unpaired) electrons. The molecule has 1 aliphatic rings. The number of hydrogen-bond acceptors (Lipinski definition) is 3. The van der Waals surface area contributed by atoms with Gasteiger partial charge in [0.15, 0.2) is 0 Å². The number of benzene rings is 2. The Balaban J connectivity index is 1.65. The Morgan fingerprint density at radius 3 is 2.29 bits per heavy atom. The van der Waals surface area contributed by atoms with Crippen LogP contribution in [0.25, 0.3) is 6.08 Å². The number of para-hydroxylation sites is 1. The Hall–Kier alpha value is -3.41. The van der Waals surface area contributed by atoms with E-state index in [2.05, 4.69) is 31.3 Å². The highest BCUT2D eigenvalue weighted by molar-refractivity contribution is 6.07. The van der Waals surface area contributed by atoms with Crippen LogP contribution in [-0.2, 0) is 9.59 Å². The van der Waals surface area contributed by atoms with Crippen molar-refractivity contribution in [1.29, 1.82) is 0 Å². The van der Waals surface area contributed by atoms with Gasteiger partial charge in [-0.1, -0.05) is 50.2 Å². The number of anilines is 1. The molecule has 0 aliphatic carbocycles. The summed E-state index contributed by atoms with van der Waals surface area (Å²) in [4.78, 5) is 38.5. The number of piperidine rings is 1. The SMILES string of the molecule is CC(C)c1ccc(C=CC(=O)Nc2ccccc2C(=O)N2CCC(C(N)=O)CC2)cc1. The molecule has 1 fully saturated rings. The van der Waals surface area contributed by atoms with E-state index in [9.17, 15) is 14.4 Å². The monoisotopic (exact) mass is 419 g/mol. The van der Waals surface area contributed by atoms with Gasteiger partial charge in [-0.2, -0.15) is 0 Å². The van der Waals surface area contributed by atoms with E-state index in [4.69, 9.17) is 5.73 Å². The van der Waals surface area contributed by atoms with E-state index in [0.717, 1.165) is 5.56 Å². The van der Waals surface area contributed by atoms with Crippen LogP contribution in [0, 0.1) is 5.92 Å². The lowest BCUT2D eigenvalue weighted by molar-refractivity contribution is -0.123. The summed E-state index contributed by atoms with van der Waals surface area (Å²) in [6.07, 6.45) is 4.34. The Morgan fingerprint density at radius 2 is 1.68 bits per heavy atom. The number of carbonyl (C=O) groups is 3. The molecule has 0 unspecified atom stereocenters. The first kappa shape index (κ1) is 22.3. The third kappa shape index (κ3) is 5.81. The van der Waals surface area contributed by atoms with E-state index in [1.807, 2.05) is 12.1 Å². The fourth-order valence-electron chi connectivity index (χ4n) is 3.65. The molecule has 2 aromatic carbocycles. The van der Waals surface area contributed by atoms with Crippen molar-refractivity contribution in [3.8, 4) is 0 Å². The standard InChI is InChI=1S/C25H29N3O3/c1-17(2)19-10-7-18(8-11-19)9-12-23(29)27-22-6-4-3-5-21(22)25(31)28-15-13-20(14-16-28)24(26)30/h3-12,17,20H,13-16H2,1-2H3,(H2,26,30)(H,27,29). The number of likely N-dealkylation sites (tertiary alicyclic amines) is 1. The third-order valence-corrected chi connectivity index (χ3v) is 5.63. The molecular weight excluding hydrogens is 390 g/mol. The second-order valence-electron chi connectivity index (χ2n) is 8.16. The van der Waals surface area contributed by atoms with E-state index < -0.39 is 0 Å². The average molecular weight is 420 g/mol. The maximum absolute atomic E-state index is 13.0. The van der Waals surface area contributed by atoms with Crippen LogP contribution in [0.15, 0.2) is 54.6 Å². The first-order chi connectivity index (χ1) is 14.8. The number of nitrogens with one attached hydrogen (secondary N) is 1. The van der Waals surface area contributed by atoms with Gasteiger partial charge in [-0.25, -0.2) is 0 Å². The molecule has 3 amide bonds. The highest BCUT2D eigenvalue weighted by Crippen LogP contribution is 2.22. The van der Waals surface area contributed by atoms with E-state index in [1.54, 1.807) is 35.2 Å². The van der Waals surface area contributed by atoms with Crippen molar-refractivity contribution in [2.75, 3.05) is 18.4 Å². The van der Waals surface area contributed by atoms with Crippen LogP contribution < -0.4 is 11.1 Å². The maximum atomic E-state index is 13.0. The second-order valence-corrected chi connectivity index (χ2v) is 8.16. The molecule has 0 aromatic heterocycles. The lowest BCUT2D eigenvalue weighted by atomic mass is 9.95. The van der Waals surface area contributed by atoms with Crippen LogP contribution in [-0.4, -0.2) is 35.7 Å². The zero-order valence-electron chi connectivity index (χ0n) is 18.0. The van der Waals surface area contributed by atoms with E-state index in [0.29, 0.717) is 43.1 Å². The molecule has 3 rings (SSSR count). The minimum atomic E-state index is -0.314. The van der Waals surface area contributed by atoms with Gasteiger partial charge < -0.3 is 16.0 Å². The number of nitrogens with two attached hydrogens (primary N) is 1. The van der Waals surface area contributed by atoms with Crippen LogP contribution in [0.3, 0.4) is 0 Å². The smallest absolute Gasteiger partial charge is 0.255 e. The lowest BCUT2D eigenvalue weighted by Gasteiger charge is -2.31. The Morgan fingerprint density at radius 1 is 1.03 bits per heavy atom. The first-order valence-corrected chi connectivity index (χ1v) is 10.6. The van der Waals surface area contributed by atoms with Crippen molar-refractivity contribution in [3.63, 3.8) is 0 Å². The van der Waals surface area contributed by atoms with Gasteiger partial charge in [0, 0.05) is 25.1 Å². The minimum Gasteiger partial charge on any atom is -0.369 e. The van der Waals surface area contributed by atoms with Gasteiger partial charge in [-0.05, 0) is 48.1 Å². The molecule has 3 N–H and O–H groups in total. The molecular formula is C25H29N3O3. The summed E-state index contributed by atoms with van der Waals surface area (Å²) in [5.41, 5.74) is 8.45. The minimum absolute atomic E-state index is 0.160. The highest BCUT2D eigenvalue weighted by atomic mass is 16.2. The normalized spacial score (nSPS) is 14.7. The Bertz CT molecular complexity index is 972. The summed E-state index contributed by atoms with van der Waals surface area (Å²) in [6, 6.07) is 15.0. The second kappa shape index (κ2) is 10.1. The Labute approximate surface area is 183 Å². The summed E-state index contributed by atoms with van der Waals surface area (Å²) >= 11 is 0. The summed E-state index contributed by atoms with van der Waals surface area (Å²) in [5.74, 6) is -0.506. The maximum Gasteiger partial charge on any atom is 0.255 e. The summed E-state index contributed by atoms with van der Waals surface area (Å²) in [6.45, 7) is 5.22. The molecule has 6 nitrogen and oxygen atoms in total. The fraction of sp³-hybridized carbons (Fsp3) is 0.320. The van der Waals surface area contributed by atoms with E-state index in [1.165, 1.54) is 11.6 Å². The van der Waals surface area contributed by atoms with Crippen LogP contribution in [0.1, 0.15) is 54.1 Å². The van der Waals surface area contributed by atoms with Gasteiger partial charge >= 0.3 is 0 Å². The Kier molecular flexibility index (Phi) is 7.23. The van der Waals surface area contributed by atoms with E-state index >= 15 is 0 Å². The van der Waals surface area contributed by atoms with Crippen molar-refractivity contribution in [2.24, 2.45) is 11.7 Å². The van der Waals surface area contributed by atoms with Crippen LogP contribution in [0.5, 0.6) is 0 Å². The van der Waals surface area contributed by atoms with Gasteiger partial charge in [0.2, 0.25) is 11.8 Å². The lowest BCUT2D eigenvalue weighted by Crippen LogP contribution is -2.42. The topological polar surface area (TPSA) is 92.5 Å². The zero-order valence-corrected chi connectivity index (χ0v) is 18.0. The van der Waals surface area contributed by atoms with Crippen molar-refractivity contribution < 1.29 is 14.4 Å². The van der Waals surface area contributed by atoms with Gasteiger partial charge in [-0.15, -0.1) is 0 Å². The zero-order chi connectivity index (χ0) is 22.4. The third-order valence-electron chi connectivity index (χ3n) is 5.63. The molecule has 0 saturated carbocycles. The molecule has 1 heterocycles. The predicted molar refractivity (Wildman–Crippen MR) is 122 cm³/mol. The number of rotatable bonds is 6. The molecule has 0 atom stereocenters. The summed E-state index contributed by atoms with van der Waals surface area (Å²) in [5, 5.41) is 2.81. The number of primary amides is 1. The van der Waals surface area contributed by atoms with Crippen LogP contribution in [0.4, 0.5) is 5.69 Å². The van der Waals surface area contributed by atoms with Gasteiger partial charge in [0.1, 0.15) is 0 Å². The molecule has 2 aromatic rings. The number of nitrogens with zero attached hydrogens (tertiary/aromatic N) is 1. The molecule has 6 heteroatoms. The first-order valence-electron chi connectivity index (χ1n) is 10.6. The predicted octanol–water partition coefficient (Wildman–Crippen LogP) is 3.80. The molecule has 162 valence electrons. The van der Waals surface area contributed by atoms with Gasteiger partial charge in [0.25, 0.3) is 5.91 Å². The van der Waals surface area contributed by atoms with Crippen molar-refractivity contribution >= 4 is 29.5 Å². The van der Waals surface area contributed by atoms with Crippen molar-refractivity contribution in [3.05, 3.63) is 71.3 Å². The quantitative estimate of drug-likeness (QED) is 0.698. The molecule has 1 saturated heterocycles. The van der Waals surface area contributed by atoms with Gasteiger partial charge in [0.05, 0.1) is 11.3 Å². The summed E-state index contributed by atoms with van der Waals surface area (Å²) in [7, 11) is 0. The van der Waals surface area contributed by atoms with Crippen molar-refractivity contribution in [2.45, 2.75) is 32.6 Å². The molecule has 1 aliphatic heterocycles. The van der Waals surface area contributed by atoms with Crippen LogP contribution >= 0.6 is 0 Å². The number of hydrogen-bond donors (Lipinski definition) is 2. The van der Waals surface area contributed by atoms with Crippen molar-refractivity contribution in [1.82, 2.24) is 4.90 Å². The number of carbonyl (C=O) groups excluding carboxylic acids is 3. The molecule has 0 bridgehead atoms. The fourth-order valence-corrected chi connectivity index (χ4v) is 3.65. The van der Waals surface area contributed by atoms with E-state index in [-0.39, 0.29) is 23.6 Å². The molecule has 0 spiro atoms. The molecule has 31 heavy (non-hydrogen) atoms. The summed E-state index contributed by atoms with van der Waals surface area (Å²) < 4.78 is 0. The largest absolute Gasteiger partial charge is 0.369 e. The highest BCUT2D eigenvalue weighted by Gasteiger charge is 2.27. The van der Waals surface area contributed by atoms with Crippen LogP contribution in [0.2, 0.25) is 0 Å².